The van der Waals surface area contributed by atoms with Gasteiger partial charge in [-0.25, -0.2) is 9.59 Å². The van der Waals surface area contributed by atoms with E-state index in [1.54, 1.807) is 55.7 Å². The van der Waals surface area contributed by atoms with Gasteiger partial charge in [0.05, 0.1) is 11.7 Å². The highest BCUT2D eigenvalue weighted by Gasteiger charge is 2.71. The summed E-state index contributed by atoms with van der Waals surface area (Å²) in [5.41, 5.74) is -2.80. The van der Waals surface area contributed by atoms with E-state index in [0.29, 0.717) is 23.9 Å². The zero-order valence-electron chi connectivity index (χ0n) is 27.6. The van der Waals surface area contributed by atoms with Gasteiger partial charge in [0.25, 0.3) is 0 Å². The van der Waals surface area contributed by atoms with Gasteiger partial charge in [-0.1, -0.05) is 37.5 Å². The molecule has 3 aliphatic rings. The number of pyridine rings is 1. The van der Waals surface area contributed by atoms with Gasteiger partial charge in [-0.3, -0.25) is 14.6 Å². The second-order valence-corrected chi connectivity index (χ2v) is 13.9. The second kappa shape index (κ2) is 12.2. The molecule has 1 N–H and O–H groups in total. The predicted octanol–water partition coefficient (Wildman–Crippen LogP) is 3.84. The Morgan fingerprint density at radius 2 is 1.81 bits per heavy atom. The summed E-state index contributed by atoms with van der Waals surface area (Å²) in [4.78, 5) is 55.9. The molecule has 2 radical (unpaired) electrons. The van der Waals surface area contributed by atoms with Gasteiger partial charge < -0.3 is 28.5 Å². The van der Waals surface area contributed by atoms with Crippen molar-refractivity contribution < 1.29 is 42.9 Å². The first-order valence-corrected chi connectivity index (χ1v) is 16.0. The standard InChI is InChI=1S/C36H38BNO10/c1-19(39)44-18-35(4)26-16-28(47-32(42)21-8-6-10-23(37)14-21)36(5)31(34(26,3)12-11-27(35)45-20(2)40)30(41)29-25(48-36)15-24(46-33(29)43)22-9-7-13-38-17-22/h6-10,13-15,17,26-28,30-31,41H,11-12,16,18H2,1-5H3/t26?,27-,28-,30-,31?,34-,35?,36?/m0/s1. The Kier molecular flexibility index (Phi) is 8.52. The molecular weight excluding hydrogens is 617 g/mol. The van der Waals surface area contributed by atoms with Crippen molar-refractivity contribution in [1.82, 2.24) is 4.98 Å². The Bertz CT molecular complexity index is 1810. The number of aliphatic hydroxyl groups excluding tert-OH is 1. The molecule has 0 amide bonds. The van der Waals surface area contributed by atoms with Crippen LogP contribution in [0.4, 0.5) is 0 Å². The van der Waals surface area contributed by atoms with E-state index in [1.165, 1.54) is 19.9 Å². The lowest BCUT2D eigenvalue weighted by Gasteiger charge is -2.66. The third-order valence-electron chi connectivity index (χ3n) is 10.8. The molecule has 0 saturated heterocycles. The van der Waals surface area contributed by atoms with Crippen molar-refractivity contribution in [3.05, 3.63) is 76.4 Å². The number of nitrogens with zero attached hydrogens (tertiary/aromatic N) is 1. The van der Waals surface area contributed by atoms with Crippen LogP contribution >= 0.6 is 0 Å². The van der Waals surface area contributed by atoms with Gasteiger partial charge >= 0.3 is 23.5 Å². The van der Waals surface area contributed by atoms with Gasteiger partial charge in [0.1, 0.15) is 49.3 Å². The fraction of sp³-hybridized carbons (Fsp3) is 0.472. The number of aliphatic hydroxyl groups is 1. The highest BCUT2D eigenvalue weighted by Crippen LogP contribution is 2.67. The van der Waals surface area contributed by atoms with Crippen molar-refractivity contribution in [2.45, 2.75) is 77.8 Å². The van der Waals surface area contributed by atoms with Crippen LogP contribution in [-0.2, 0) is 23.8 Å². The van der Waals surface area contributed by atoms with E-state index in [9.17, 15) is 24.3 Å². The lowest BCUT2D eigenvalue weighted by Crippen LogP contribution is -2.71. The number of ether oxygens (including phenoxy) is 4. The van der Waals surface area contributed by atoms with Crippen LogP contribution < -0.4 is 15.8 Å². The average molecular weight is 656 g/mol. The summed E-state index contributed by atoms with van der Waals surface area (Å²) in [5.74, 6) is -2.62. The van der Waals surface area contributed by atoms with Crippen LogP contribution in [0.5, 0.6) is 5.75 Å². The summed E-state index contributed by atoms with van der Waals surface area (Å²) in [6, 6.07) is 11.4. The summed E-state index contributed by atoms with van der Waals surface area (Å²) < 4.78 is 30.2. The lowest BCUT2D eigenvalue weighted by atomic mass is 9.42. The number of carbonyl (C=O) groups excluding carboxylic acids is 3. The molecule has 3 heterocycles. The first kappa shape index (κ1) is 33.5. The van der Waals surface area contributed by atoms with Crippen LogP contribution in [0.3, 0.4) is 0 Å². The molecule has 11 nitrogen and oxygen atoms in total. The number of rotatable bonds is 6. The third kappa shape index (κ3) is 5.59. The van der Waals surface area contributed by atoms with Gasteiger partial charge in [0.15, 0.2) is 0 Å². The summed E-state index contributed by atoms with van der Waals surface area (Å²) in [5, 5.41) is 12.3. The zero-order chi connectivity index (χ0) is 34.6. The first-order valence-electron chi connectivity index (χ1n) is 16.0. The van der Waals surface area contributed by atoms with Crippen molar-refractivity contribution >= 4 is 31.2 Å². The minimum Gasteiger partial charge on any atom is -0.482 e. The number of fused-ring (bicyclic) bond motifs is 4. The number of benzene rings is 1. The Morgan fingerprint density at radius 3 is 2.48 bits per heavy atom. The Hall–Kier alpha value is -4.45. The topological polar surface area (TPSA) is 151 Å². The largest absolute Gasteiger partial charge is 0.482 e. The average Bonchev–Trinajstić information content (AvgIpc) is 3.02. The lowest BCUT2D eigenvalue weighted by molar-refractivity contribution is -0.266. The number of carbonyl (C=O) groups is 3. The minimum atomic E-state index is -1.40. The summed E-state index contributed by atoms with van der Waals surface area (Å²) in [6.45, 7) is 8.18. The van der Waals surface area contributed by atoms with E-state index >= 15 is 0 Å². The predicted molar refractivity (Wildman–Crippen MR) is 172 cm³/mol. The van der Waals surface area contributed by atoms with E-state index in [0.717, 1.165) is 0 Å². The van der Waals surface area contributed by atoms with E-state index in [-0.39, 0.29) is 35.7 Å². The zero-order valence-corrected chi connectivity index (χ0v) is 27.6. The van der Waals surface area contributed by atoms with Gasteiger partial charge in [-0.15, -0.1) is 0 Å². The number of hydrogen-bond donors (Lipinski definition) is 1. The molecule has 0 spiro atoms. The Morgan fingerprint density at radius 1 is 1.04 bits per heavy atom. The van der Waals surface area contributed by atoms with Crippen LogP contribution in [0.25, 0.3) is 11.3 Å². The Labute approximate surface area is 279 Å². The maximum absolute atomic E-state index is 13.7. The molecule has 2 aromatic heterocycles. The van der Waals surface area contributed by atoms with E-state index in [1.807, 2.05) is 13.8 Å². The van der Waals surface area contributed by atoms with Crippen molar-refractivity contribution in [1.29, 1.82) is 0 Å². The van der Waals surface area contributed by atoms with E-state index in [4.69, 9.17) is 31.2 Å². The highest BCUT2D eigenvalue weighted by atomic mass is 16.6. The van der Waals surface area contributed by atoms with Gasteiger partial charge in [0.2, 0.25) is 0 Å². The molecule has 6 rings (SSSR count). The molecule has 1 aromatic carbocycles. The monoisotopic (exact) mass is 655 g/mol. The smallest absolute Gasteiger partial charge is 0.345 e. The molecule has 8 atom stereocenters. The fourth-order valence-electron chi connectivity index (χ4n) is 8.70. The van der Waals surface area contributed by atoms with Gasteiger partial charge in [0, 0.05) is 49.2 Å². The second-order valence-electron chi connectivity index (χ2n) is 13.9. The molecule has 2 saturated carbocycles. The normalized spacial score (nSPS) is 32.0. The van der Waals surface area contributed by atoms with Gasteiger partial charge in [-0.05, 0) is 55.7 Å². The minimum absolute atomic E-state index is 0.0447. The molecule has 2 fully saturated rings. The molecule has 3 aromatic rings. The number of hydrogen-bond acceptors (Lipinski definition) is 11. The molecule has 4 unspecified atom stereocenters. The maximum Gasteiger partial charge on any atom is 0.345 e. The molecule has 48 heavy (non-hydrogen) atoms. The van der Waals surface area contributed by atoms with Crippen LogP contribution in [0.2, 0.25) is 0 Å². The van der Waals surface area contributed by atoms with Crippen LogP contribution in [0.1, 0.15) is 75.9 Å². The molecule has 0 bridgehead atoms. The van der Waals surface area contributed by atoms with E-state index in [2.05, 4.69) is 4.98 Å². The van der Waals surface area contributed by atoms with Gasteiger partial charge in [-0.2, -0.15) is 0 Å². The maximum atomic E-state index is 13.7. The molecule has 250 valence electrons. The number of esters is 3. The fourth-order valence-corrected chi connectivity index (χ4v) is 8.70. The molecule has 12 heteroatoms. The quantitative estimate of drug-likeness (QED) is 0.234. The summed E-state index contributed by atoms with van der Waals surface area (Å²) >= 11 is 0. The summed E-state index contributed by atoms with van der Waals surface area (Å²) in [6.07, 6.45) is 1.14. The SMILES string of the molecule is [B]c1cccc(C(=O)O[C@H]2CC3C(C)(COC(C)=O)[C@@H](OC(C)=O)CC[C@]3(C)C3[C@@H](O)c4c(cc(-c5cccnc5)oc4=O)OC32C)c1. The van der Waals surface area contributed by atoms with Crippen molar-refractivity contribution in [3.8, 4) is 17.1 Å². The number of aromatic nitrogens is 1. The van der Waals surface area contributed by atoms with E-state index < -0.39 is 70.1 Å². The van der Waals surface area contributed by atoms with Crippen LogP contribution in [0, 0.1) is 22.7 Å². The molecular formula is C36H38BNO10. The van der Waals surface area contributed by atoms with Crippen molar-refractivity contribution in [3.63, 3.8) is 0 Å². The third-order valence-corrected chi connectivity index (χ3v) is 10.8. The molecule has 2 aliphatic carbocycles. The van der Waals surface area contributed by atoms with Crippen molar-refractivity contribution in [2.75, 3.05) is 6.61 Å². The van der Waals surface area contributed by atoms with Crippen molar-refractivity contribution in [2.24, 2.45) is 22.7 Å². The first-order chi connectivity index (χ1) is 22.7. The van der Waals surface area contributed by atoms with Crippen LogP contribution in [-0.4, -0.2) is 60.3 Å². The summed E-state index contributed by atoms with van der Waals surface area (Å²) in [7, 11) is 5.97. The molecule has 1 aliphatic heterocycles. The van der Waals surface area contributed by atoms with Crippen LogP contribution in [0.15, 0.2) is 64.1 Å². The highest BCUT2D eigenvalue weighted by molar-refractivity contribution is 6.32. The Balaban J connectivity index is 1.51.